The fourth-order valence-corrected chi connectivity index (χ4v) is 3.09. The Hall–Kier alpha value is -2.23. The van der Waals surface area contributed by atoms with Crippen molar-refractivity contribution in [1.82, 2.24) is 4.98 Å². The molecule has 0 saturated carbocycles. The van der Waals surface area contributed by atoms with Gasteiger partial charge in [-0.15, -0.1) is 0 Å². The van der Waals surface area contributed by atoms with E-state index in [1.165, 1.54) is 0 Å². The lowest BCUT2D eigenvalue weighted by atomic mass is 9.77. The van der Waals surface area contributed by atoms with Gasteiger partial charge in [0.15, 0.2) is 0 Å². The third-order valence-corrected chi connectivity index (χ3v) is 4.34. The lowest BCUT2D eigenvalue weighted by molar-refractivity contribution is -0.125. The number of benzene rings is 1. The van der Waals surface area contributed by atoms with E-state index in [4.69, 9.17) is 0 Å². The second-order valence-corrected chi connectivity index (χ2v) is 7.61. The number of rotatable bonds is 6. The van der Waals surface area contributed by atoms with E-state index in [9.17, 15) is 9.18 Å². The predicted octanol–water partition coefficient (Wildman–Crippen LogP) is 5.88. The van der Waals surface area contributed by atoms with E-state index in [-0.39, 0.29) is 24.1 Å². The van der Waals surface area contributed by atoms with Crippen molar-refractivity contribution in [2.45, 2.75) is 47.5 Å². The van der Waals surface area contributed by atoms with Crippen LogP contribution in [-0.2, 0) is 4.79 Å². The van der Waals surface area contributed by atoms with Gasteiger partial charge in [-0.3, -0.25) is 9.78 Å². The van der Waals surface area contributed by atoms with Crippen LogP contribution in [0.5, 0.6) is 0 Å². The Kier molecular flexibility index (Phi) is 5.93. The second kappa shape index (κ2) is 7.77. The lowest BCUT2D eigenvalue weighted by Crippen LogP contribution is -2.35. The van der Waals surface area contributed by atoms with Crippen LogP contribution in [0.4, 0.5) is 10.1 Å². The standard InChI is InChI=1S/C21H27FN2O/c1-14(2)11-21(5,12-18(22)15(3)4)20(25)24-17-10-16-8-6-7-9-19(16)23-13-17/h6-10,13-14H,11-12H2,1-5H3,(H,24,25). The van der Waals surface area contributed by atoms with Crippen LogP contribution in [-0.4, -0.2) is 10.9 Å². The quantitative estimate of drug-likeness (QED) is 0.712. The number of hydrogen-bond donors (Lipinski definition) is 1. The van der Waals surface area contributed by atoms with Crippen LogP contribution in [0.1, 0.15) is 47.5 Å². The Bertz CT molecular complexity index is 793. The Morgan fingerprint density at radius 1 is 1.28 bits per heavy atom. The van der Waals surface area contributed by atoms with Crippen LogP contribution < -0.4 is 5.32 Å². The first kappa shape index (κ1) is 19.1. The molecule has 0 fully saturated rings. The van der Waals surface area contributed by atoms with Crippen molar-refractivity contribution in [2.75, 3.05) is 5.32 Å². The number of fused-ring (bicyclic) bond motifs is 1. The highest BCUT2D eigenvalue weighted by molar-refractivity contribution is 5.96. The minimum atomic E-state index is -0.804. The summed E-state index contributed by atoms with van der Waals surface area (Å²) in [6.07, 6.45) is 2.37. The number of para-hydroxylation sites is 1. The highest BCUT2D eigenvalue weighted by Crippen LogP contribution is 2.36. The average molecular weight is 342 g/mol. The largest absolute Gasteiger partial charge is 0.324 e. The number of pyridine rings is 1. The summed E-state index contributed by atoms with van der Waals surface area (Å²) < 4.78 is 14.3. The Morgan fingerprint density at radius 2 is 1.96 bits per heavy atom. The van der Waals surface area contributed by atoms with E-state index < -0.39 is 5.41 Å². The molecule has 0 aliphatic carbocycles. The molecule has 0 bridgehead atoms. The molecule has 1 aromatic carbocycles. The summed E-state index contributed by atoms with van der Waals surface area (Å²) in [6, 6.07) is 9.63. The van der Waals surface area contributed by atoms with Gasteiger partial charge in [0, 0.05) is 11.8 Å². The third kappa shape index (κ3) is 4.88. The van der Waals surface area contributed by atoms with Crippen LogP contribution in [0.15, 0.2) is 47.9 Å². The molecule has 0 aliphatic rings. The first-order valence-electron chi connectivity index (χ1n) is 8.69. The average Bonchev–Trinajstić information content (AvgIpc) is 2.53. The van der Waals surface area contributed by atoms with Crippen LogP contribution in [0, 0.1) is 11.3 Å². The number of aromatic nitrogens is 1. The SMILES string of the molecule is CC(C)=C(F)CC(C)(CC(C)C)C(=O)Nc1cnc2ccccc2c1. The topological polar surface area (TPSA) is 42.0 Å². The monoisotopic (exact) mass is 342 g/mol. The number of nitrogens with one attached hydrogen (secondary N) is 1. The summed E-state index contributed by atoms with van der Waals surface area (Å²) in [5.74, 6) is -0.0972. The maximum Gasteiger partial charge on any atom is 0.230 e. The molecule has 1 heterocycles. The second-order valence-electron chi connectivity index (χ2n) is 7.61. The molecule has 1 atom stereocenters. The lowest BCUT2D eigenvalue weighted by Gasteiger charge is -2.30. The van der Waals surface area contributed by atoms with Crippen LogP contribution in [0.3, 0.4) is 0 Å². The predicted molar refractivity (Wildman–Crippen MR) is 102 cm³/mol. The molecule has 1 unspecified atom stereocenters. The van der Waals surface area contributed by atoms with E-state index in [1.54, 1.807) is 20.0 Å². The molecule has 3 nitrogen and oxygen atoms in total. The van der Waals surface area contributed by atoms with Crippen molar-refractivity contribution in [3.8, 4) is 0 Å². The van der Waals surface area contributed by atoms with E-state index >= 15 is 0 Å². The highest BCUT2D eigenvalue weighted by atomic mass is 19.1. The number of allylic oxidation sites excluding steroid dienone is 2. The fourth-order valence-electron chi connectivity index (χ4n) is 3.09. The van der Waals surface area contributed by atoms with Crippen molar-refractivity contribution in [2.24, 2.45) is 11.3 Å². The van der Waals surface area contributed by atoms with E-state index in [2.05, 4.69) is 10.3 Å². The van der Waals surface area contributed by atoms with E-state index in [0.29, 0.717) is 17.7 Å². The minimum Gasteiger partial charge on any atom is -0.324 e. The van der Waals surface area contributed by atoms with Gasteiger partial charge in [0.05, 0.1) is 28.6 Å². The molecule has 1 aromatic heterocycles. The molecule has 134 valence electrons. The summed E-state index contributed by atoms with van der Waals surface area (Å²) in [4.78, 5) is 17.3. The van der Waals surface area contributed by atoms with Crippen molar-refractivity contribution < 1.29 is 9.18 Å². The number of hydrogen-bond acceptors (Lipinski definition) is 2. The van der Waals surface area contributed by atoms with Crippen molar-refractivity contribution in [1.29, 1.82) is 0 Å². The summed E-state index contributed by atoms with van der Waals surface area (Å²) in [7, 11) is 0. The van der Waals surface area contributed by atoms with Gasteiger partial charge >= 0.3 is 0 Å². The van der Waals surface area contributed by atoms with E-state index in [0.717, 1.165) is 10.9 Å². The third-order valence-electron chi connectivity index (χ3n) is 4.34. The Morgan fingerprint density at radius 3 is 2.60 bits per heavy atom. The Balaban J connectivity index is 2.27. The van der Waals surface area contributed by atoms with Crippen LogP contribution in [0.2, 0.25) is 0 Å². The minimum absolute atomic E-state index is 0.111. The molecule has 1 amide bonds. The van der Waals surface area contributed by atoms with Crippen LogP contribution in [0.25, 0.3) is 10.9 Å². The molecule has 0 saturated heterocycles. The molecular weight excluding hydrogens is 315 g/mol. The molecule has 0 radical (unpaired) electrons. The number of halogens is 1. The van der Waals surface area contributed by atoms with Gasteiger partial charge in [-0.25, -0.2) is 4.39 Å². The maximum absolute atomic E-state index is 14.3. The molecule has 25 heavy (non-hydrogen) atoms. The number of anilines is 1. The molecular formula is C21H27FN2O. The maximum atomic E-state index is 14.3. The normalized spacial score (nSPS) is 13.6. The molecule has 0 spiro atoms. The van der Waals surface area contributed by atoms with Crippen LogP contribution >= 0.6 is 0 Å². The van der Waals surface area contributed by atoms with Gasteiger partial charge in [0.25, 0.3) is 0 Å². The summed E-state index contributed by atoms with van der Waals surface area (Å²) in [5, 5.41) is 3.89. The Labute approximate surface area is 149 Å². The number of nitrogens with zero attached hydrogens (tertiary/aromatic N) is 1. The van der Waals surface area contributed by atoms with Gasteiger partial charge in [-0.05, 0) is 43.9 Å². The molecule has 2 aromatic rings. The van der Waals surface area contributed by atoms with Gasteiger partial charge < -0.3 is 5.32 Å². The van der Waals surface area contributed by atoms with E-state index in [1.807, 2.05) is 51.1 Å². The van der Waals surface area contributed by atoms with Crippen molar-refractivity contribution in [3.05, 3.63) is 47.9 Å². The number of amides is 1. The first-order valence-corrected chi connectivity index (χ1v) is 8.69. The number of carbonyl (C=O) groups is 1. The van der Waals surface area contributed by atoms with Gasteiger partial charge in [0.2, 0.25) is 5.91 Å². The molecule has 2 rings (SSSR count). The fraction of sp³-hybridized carbons (Fsp3) is 0.429. The first-order chi connectivity index (χ1) is 11.7. The zero-order valence-corrected chi connectivity index (χ0v) is 15.7. The zero-order valence-electron chi connectivity index (χ0n) is 15.7. The van der Waals surface area contributed by atoms with Crippen molar-refractivity contribution in [3.63, 3.8) is 0 Å². The number of carbonyl (C=O) groups excluding carboxylic acids is 1. The van der Waals surface area contributed by atoms with Gasteiger partial charge in [-0.1, -0.05) is 39.0 Å². The summed E-state index contributed by atoms with van der Waals surface area (Å²) in [5.41, 5.74) is 1.33. The van der Waals surface area contributed by atoms with Crippen molar-refractivity contribution >= 4 is 22.5 Å². The summed E-state index contributed by atoms with van der Waals surface area (Å²) in [6.45, 7) is 9.39. The highest BCUT2D eigenvalue weighted by Gasteiger charge is 2.35. The smallest absolute Gasteiger partial charge is 0.230 e. The van der Waals surface area contributed by atoms with Gasteiger partial charge in [-0.2, -0.15) is 0 Å². The van der Waals surface area contributed by atoms with Gasteiger partial charge in [0.1, 0.15) is 0 Å². The molecule has 0 aliphatic heterocycles. The zero-order chi connectivity index (χ0) is 18.6. The summed E-state index contributed by atoms with van der Waals surface area (Å²) >= 11 is 0. The molecule has 1 N–H and O–H groups in total. The molecule has 4 heteroatoms.